The Morgan fingerprint density at radius 2 is 2.04 bits per heavy atom. The van der Waals surface area contributed by atoms with Crippen molar-refractivity contribution in [1.29, 1.82) is 0 Å². The van der Waals surface area contributed by atoms with Crippen molar-refractivity contribution in [3.63, 3.8) is 0 Å². The van der Waals surface area contributed by atoms with Crippen LogP contribution in [0.1, 0.15) is 37.7 Å². The molecular formula is C20H24N2O4. The van der Waals surface area contributed by atoms with Crippen molar-refractivity contribution in [2.24, 2.45) is 0 Å². The molecule has 0 aliphatic carbocycles. The Morgan fingerprint density at radius 1 is 1.27 bits per heavy atom. The Bertz CT molecular complexity index is 791. The lowest BCUT2D eigenvalue weighted by molar-refractivity contribution is 0.0509. The van der Waals surface area contributed by atoms with E-state index in [9.17, 15) is 9.59 Å². The summed E-state index contributed by atoms with van der Waals surface area (Å²) in [5.41, 5.74) is 1.44. The maximum Gasteiger partial charge on any atom is 0.407 e. The summed E-state index contributed by atoms with van der Waals surface area (Å²) < 4.78 is 10.9. The van der Waals surface area contributed by atoms with Gasteiger partial charge in [0.05, 0.1) is 6.04 Å². The number of anilines is 1. The van der Waals surface area contributed by atoms with E-state index in [1.54, 1.807) is 12.1 Å². The first-order chi connectivity index (χ1) is 12.4. The van der Waals surface area contributed by atoms with Crippen molar-refractivity contribution in [2.45, 2.75) is 38.8 Å². The highest BCUT2D eigenvalue weighted by atomic mass is 16.6. The van der Waals surface area contributed by atoms with Gasteiger partial charge < -0.3 is 19.4 Å². The normalized spacial score (nSPS) is 17.2. The maximum atomic E-state index is 12.0. The molecule has 0 radical (unpaired) electrons. The quantitative estimate of drug-likeness (QED) is 0.842. The molecule has 1 aromatic carbocycles. The Morgan fingerprint density at radius 3 is 2.73 bits per heavy atom. The highest BCUT2D eigenvalue weighted by Crippen LogP contribution is 2.33. The highest BCUT2D eigenvalue weighted by Gasteiger charge is 2.27. The van der Waals surface area contributed by atoms with Crippen molar-refractivity contribution < 1.29 is 18.7 Å². The van der Waals surface area contributed by atoms with Crippen LogP contribution in [0.3, 0.4) is 0 Å². The van der Waals surface area contributed by atoms with Gasteiger partial charge in [-0.2, -0.15) is 0 Å². The van der Waals surface area contributed by atoms with Crippen molar-refractivity contribution in [2.75, 3.05) is 18.0 Å². The smallest absolute Gasteiger partial charge is 0.407 e. The lowest BCUT2D eigenvalue weighted by Crippen LogP contribution is -2.40. The molecule has 6 heteroatoms. The third-order valence-electron chi connectivity index (χ3n) is 4.16. The number of furan rings is 1. The number of aldehydes is 1. The largest absolute Gasteiger partial charge is 0.453 e. The molecule has 2 aromatic rings. The van der Waals surface area contributed by atoms with Gasteiger partial charge in [-0.3, -0.25) is 4.79 Å². The van der Waals surface area contributed by atoms with Gasteiger partial charge in [-0.15, -0.1) is 0 Å². The molecule has 1 amide bonds. The van der Waals surface area contributed by atoms with E-state index in [1.807, 2.05) is 45.0 Å². The lowest BCUT2D eigenvalue weighted by atomic mass is 10.1. The van der Waals surface area contributed by atoms with Crippen LogP contribution >= 0.6 is 0 Å². The predicted molar refractivity (Wildman–Crippen MR) is 99.5 cm³/mol. The molecule has 1 N–H and O–H groups in total. The van der Waals surface area contributed by atoms with Gasteiger partial charge in [0.15, 0.2) is 12.0 Å². The molecule has 6 nitrogen and oxygen atoms in total. The van der Waals surface area contributed by atoms with E-state index in [2.05, 4.69) is 10.2 Å². The fraction of sp³-hybridized carbons (Fsp3) is 0.400. The predicted octanol–water partition coefficient (Wildman–Crippen LogP) is 3.86. The highest BCUT2D eigenvalue weighted by molar-refractivity contribution is 5.79. The summed E-state index contributed by atoms with van der Waals surface area (Å²) >= 11 is 0. The molecule has 1 aliphatic rings. The minimum Gasteiger partial charge on any atom is -0.453 e. The zero-order valence-electron chi connectivity index (χ0n) is 15.3. The van der Waals surface area contributed by atoms with Crippen molar-refractivity contribution >= 4 is 18.1 Å². The monoisotopic (exact) mass is 356 g/mol. The first-order valence-electron chi connectivity index (χ1n) is 8.74. The van der Waals surface area contributed by atoms with E-state index in [0.717, 1.165) is 24.2 Å². The summed E-state index contributed by atoms with van der Waals surface area (Å²) in [6, 6.07) is 11.4. The Balaban J connectivity index is 1.71. The van der Waals surface area contributed by atoms with Crippen LogP contribution in [-0.4, -0.2) is 37.1 Å². The number of para-hydroxylation sites is 1. The molecule has 26 heavy (non-hydrogen) atoms. The summed E-state index contributed by atoms with van der Waals surface area (Å²) in [4.78, 5) is 25.1. The lowest BCUT2D eigenvalue weighted by Gasteiger charge is -2.23. The average molecular weight is 356 g/mol. The third kappa shape index (κ3) is 4.25. The Kier molecular flexibility index (Phi) is 5.02. The van der Waals surface area contributed by atoms with Gasteiger partial charge >= 0.3 is 6.09 Å². The van der Waals surface area contributed by atoms with E-state index >= 15 is 0 Å². The topological polar surface area (TPSA) is 71.8 Å². The number of amides is 1. The molecule has 1 unspecified atom stereocenters. The van der Waals surface area contributed by atoms with E-state index in [1.165, 1.54) is 0 Å². The molecule has 0 bridgehead atoms. The fourth-order valence-electron chi connectivity index (χ4n) is 3.09. The van der Waals surface area contributed by atoms with E-state index in [0.29, 0.717) is 24.4 Å². The van der Waals surface area contributed by atoms with Crippen molar-refractivity contribution in [3.05, 3.63) is 42.2 Å². The van der Waals surface area contributed by atoms with E-state index in [4.69, 9.17) is 9.15 Å². The second kappa shape index (κ2) is 7.23. The number of hydrogen-bond acceptors (Lipinski definition) is 5. The second-order valence-electron chi connectivity index (χ2n) is 7.41. The maximum absolute atomic E-state index is 12.0. The molecule has 1 fully saturated rings. The van der Waals surface area contributed by atoms with Crippen LogP contribution in [0, 0.1) is 0 Å². The van der Waals surface area contributed by atoms with Crippen LogP contribution in [0.25, 0.3) is 11.3 Å². The van der Waals surface area contributed by atoms with E-state index in [-0.39, 0.29) is 12.1 Å². The number of nitrogens with one attached hydrogen (secondary N) is 1. The number of alkyl carbamates (subject to hydrolysis) is 1. The summed E-state index contributed by atoms with van der Waals surface area (Å²) in [7, 11) is 0. The molecule has 138 valence electrons. The molecule has 2 heterocycles. The number of rotatable bonds is 4. The van der Waals surface area contributed by atoms with Crippen molar-refractivity contribution in [1.82, 2.24) is 5.32 Å². The number of carbonyl (C=O) groups excluding carboxylic acids is 2. The first kappa shape index (κ1) is 18.0. The molecule has 0 saturated carbocycles. The molecule has 1 saturated heterocycles. The molecule has 1 aromatic heterocycles. The standard InChI is InChI=1S/C20H24N2O4/c1-20(2,3)26-19(24)21-14-10-11-22(12-14)17-7-5-4-6-16(17)18-9-8-15(13-23)25-18/h4-9,13-14H,10-12H2,1-3H3,(H,21,24). The van der Waals surface area contributed by atoms with Crippen molar-refractivity contribution in [3.8, 4) is 11.3 Å². The first-order valence-corrected chi connectivity index (χ1v) is 8.74. The second-order valence-corrected chi connectivity index (χ2v) is 7.41. The van der Waals surface area contributed by atoms with Crippen LogP contribution in [0.5, 0.6) is 0 Å². The van der Waals surface area contributed by atoms with Gasteiger partial charge in [0, 0.05) is 24.3 Å². The third-order valence-corrected chi connectivity index (χ3v) is 4.16. The van der Waals surface area contributed by atoms with Gasteiger partial charge in [0.1, 0.15) is 11.4 Å². The minimum absolute atomic E-state index is 0.0278. The number of carbonyl (C=O) groups is 2. The molecule has 1 aliphatic heterocycles. The van der Waals surface area contributed by atoms with Crippen LogP contribution in [0.15, 0.2) is 40.8 Å². The summed E-state index contributed by atoms with van der Waals surface area (Å²) in [6.45, 7) is 7.05. The SMILES string of the molecule is CC(C)(C)OC(=O)NC1CCN(c2ccccc2-c2ccc(C=O)o2)C1. The number of nitrogens with zero attached hydrogens (tertiary/aromatic N) is 1. The molecule has 1 atom stereocenters. The van der Waals surface area contributed by atoms with Crippen LogP contribution in [-0.2, 0) is 4.74 Å². The Hall–Kier alpha value is -2.76. The van der Waals surface area contributed by atoms with Gasteiger partial charge in [-0.05, 0) is 51.5 Å². The number of ether oxygens (including phenoxy) is 1. The summed E-state index contributed by atoms with van der Waals surface area (Å²) in [5.74, 6) is 0.965. The average Bonchev–Trinajstić information content (AvgIpc) is 3.22. The molecule has 0 spiro atoms. The summed E-state index contributed by atoms with van der Waals surface area (Å²) in [5, 5.41) is 2.94. The zero-order chi connectivity index (χ0) is 18.7. The van der Waals surface area contributed by atoms with Gasteiger partial charge in [-0.1, -0.05) is 12.1 Å². The van der Waals surface area contributed by atoms with Gasteiger partial charge in [-0.25, -0.2) is 4.79 Å². The van der Waals surface area contributed by atoms with Crippen LogP contribution < -0.4 is 10.2 Å². The van der Waals surface area contributed by atoms with Crippen LogP contribution in [0.4, 0.5) is 10.5 Å². The number of hydrogen-bond donors (Lipinski definition) is 1. The Labute approximate surface area is 153 Å². The van der Waals surface area contributed by atoms with Gasteiger partial charge in [0.2, 0.25) is 0 Å². The minimum atomic E-state index is -0.509. The molecule has 3 rings (SSSR count). The number of benzene rings is 1. The fourth-order valence-corrected chi connectivity index (χ4v) is 3.09. The van der Waals surface area contributed by atoms with Gasteiger partial charge in [0.25, 0.3) is 0 Å². The summed E-state index contributed by atoms with van der Waals surface area (Å²) in [6.07, 6.45) is 1.15. The van der Waals surface area contributed by atoms with Crippen LogP contribution in [0.2, 0.25) is 0 Å². The zero-order valence-corrected chi connectivity index (χ0v) is 15.3. The molecular weight excluding hydrogens is 332 g/mol. The van der Waals surface area contributed by atoms with E-state index < -0.39 is 5.60 Å².